The van der Waals surface area contributed by atoms with Crippen LogP contribution in [0.3, 0.4) is 0 Å². The second kappa shape index (κ2) is 3.81. The highest BCUT2D eigenvalue weighted by molar-refractivity contribution is 5.08. The zero-order valence-corrected chi connectivity index (χ0v) is 8.53. The van der Waals surface area contributed by atoms with Crippen LogP contribution in [0, 0.1) is 11.3 Å². The lowest BCUT2D eigenvalue weighted by atomic mass is 9.79. The van der Waals surface area contributed by atoms with Crippen molar-refractivity contribution in [3.63, 3.8) is 0 Å². The van der Waals surface area contributed by atoms with E-state index < -0.39 is 12.2 Å². The van der Waals surface area contributed by atoms with Gasteiger partial charge in [-0.3, -0.25) is 0 Å². The zero-order valence-electron chi connectivity index (χ0n) is 8.53. The minimum absolute atomic E-state index is 0.180. The van der Waals surface area contributed by atoms with Crippen LogP contribution in [0.5, 0.6) is 0 Å². The van der Waals surface area contributed by atoms with Gasteiger partial charge in [0.25, 0.3) is 0 Å². The van der Waals surface area contributed by atoms with E-state index in [0.29, 0.717) is 0 Å². The summed E-state index contributed by atoms with van der Waals surface area (Å²) in [5.74, 6) is 0.180. The van der Waals surface area contributed by atoms with Gasteiger partial charge in [-0.15, -0.1) is 6.58 Å². The monoisotopic (exact) mass is 184 g/mol. The van der Waals surface area contributed by atoms with E-state index in [1.807, 2.05) is 13.0 Å². The maximum absolute atomic E-state index is 9.89. The van der Waals surface area contributed by atoms with Crippen molar-refractivity contribution in [1.29, 1.82) is 0 Å². The fourth-order valence-electron chi connectivity index (χ4n) is 2.51. The van der Waals surface area contributed by atoms with Gasteiger partial charge < -0.3 is 10.2 Å². The third kappa shape index (κ3) is 1.65. The summed E-state index contributed by atoms with van der Waals surface area (Å²) in [7, 11) is 0. The van der Waals surface area contributed by atoms with Crippen LogP contribution in [0.25, 0.3) is 0 Å². The molecular weight excluding hydrogens is 164 g/mol. The molecule has 0 spiro atoms. The standard InChI is InChI=1S/C11H20O2/c1-4-6-11(5-2)7-8(3)9(12)10(11)13/h5,8-10,12-13H,2,4,6-7H2,1,3H3/t8-,9+,10+,11+/m1/s1. The lowest BCUT2D eigenvalue weighted by Crippen LogP contribution is -2.34. The van der Waals surface area contributed by atoms with Gasteiger partial charge >= 0.3 is 0 Å². The third-order valence-electron chi connectivity index (χ3n) is 3.32. The summed E-state index contributed by atoms with van der Waals surface area (Å²) in [5.41, 5.74) is -0.242. The number of aliphatic hydroxyl groups excluding tert-OH is 2. The SMILES string of the molecule is C=C[C@]1(CCC)C[C@@H](C)[C@H](O)[C@@H]1O. The Bertz CT molecular complexity index is 191. The van der Waals surface area contributed by atoms with Gasteiger partial charge in [0.15, 0.2) is 0 Å². The van der Waals surface area contributed by atoms with E-state index in [4.69, 9.17) is 0 Å². The van der Waals surface area contributed by atoms with E-state index in [1.165, 1.54) is 0 Å². The largest absolute Gasteiger partial charge is 0.390 e. The van der Waals surface area contributed by atoms with E-state index in [2.05, 4.69) is 13.5 Å². The molecular formula is C11H20O2. The predicted octanol–water partition coefficient (Wildman–Crippen LogP) is 1.72. The molecule has 0 bridgehead atoms. The van der Waals surface area contributed by atoms with Crippen molar-refractivity contribution in [2.45, 2.75) is 45.3 Å². The summed E-state index contributed by atoms with van der Waals surface area (Å²) < 4.78 is 0. The third-order valence-corrected chi connectivity index (χ3v) is 3.32. The molecule has 0 unspecified atom stereocenters. The van der Waals surface area contributed by atoms with Crippen molar-refractivity contribution in [2.24, 2.45) is 11.3 Å². The molecule has 0 amide bonds. The van der Waals surface area contributed by atoms with Crippen LogP contribution in [-0.4, -0.2) is 22.4 Å². The molecule has 1 rings (SSSR count). The van der Waals surface area contributed by atoms with Crippen LogP contribution in [-0.2, 0) is 0 Å². The molecule has 2 nitrogen and oxygen atoms in total. The zero-order chi connectivity index (χ0) is 10.1. The van der Waals surface area contributed by atoms with Crippen LogP contribution >= 0.6 is 0 Å². The minimum Gasteiger partial charge on any atom is -0.390 e. The first-order chi connectivity index (χ1) is 6.07. The topological polar surface area (TPSA) is 40.5 Å². The lowest BCUT2D eigenvalue weighted by Gasteiger charge is -2.29. The highest BCUT2D eigenvalue weighted by Crippen LogP contribution is 2.46. The highest BCUT2D eigenvalue weighted by Gasteiger charge is 2.48. The molecule has 1 aliphatic rings. The molecule has 2 N–H and O–H groups in total. The van der Waals surface area contributed by atoms with E-state index in [0.717, 1.165) is 19.3 Å². The minimum atomic E-state index is -0.625. The predicted molar refractivity (Wildman–Crippen MR) is 53.3 cm³/mol. The molecule has 0 saturated heterocycles. The van der Waals surface area contributed by atoms with E-state index in [9.17, 15) is 10.2 Å². The van der Waals surface area contributed by atoms with Gasteiger partial charge in [0.1, 0.15) is 0 Å². The molecule has 1 saturated carbocycles. The Morgan fingerprint density at radius 1 is 1.54 bits per heavy atom. The molecule has 0 aromatic rings. The summed E-state index contributed by atoms with van der Waals surface area (Å²) >= 11 is 0. The Morgan fingerprint density at radius 2 is 2.15 bits per heavy atom. The van der Waals surface area contributed by atoms with E-state index in [-0.39, 0.29) is 11.3 Å². The molecule has 2 heteroatoms. The Balaban J connectivity index is 2.82. The molecule has 0 radical (unpaired) electrons. The van der Waals surface area contributed by atoms with Crippen LogP contribution in [0.4, 0.5) is 0 Å². The van der Waals surface area contributed by atoms with Gasteiger partial charge in [0.05, 0.1) is 12.2 Å². The molecule has 76 valence electrons. The van der Waals surface area contributed by atoms with Crippen LogP contribution in [0.15, 0.2) is 12.7 Å². The number of hydrogen-bond donors (Lipinski definition) is 2. The summed E-state index contributed by atoms with van der Waals surface area (Å²) in [6, 6.07) is 0. The first-order valence-electron chi connectivity index (χ1n) is 5.07. The molecule has 1 fully saturated rings. The van der Waals surface area contributed by atoms with Crippen molar-refractivity contribution in [3.05, 3.63) is 12.7 Å². The number of rotatable bonds is 3. The normalized spacial score (nSPS) is 45.1. The highest BCUT2D eigenvalue weighted by atomic mass is 16.3. The fourth-order valence-corrected chi connectivity index (χ4v) is 2.51. The van der Waals surface area contributed by atoms with Crippen molar-refractivity contribution >= 4 is 0 Å². The van der Waals surface area contributed by atoms with Crippen molar-refractivity contribution in [3.8, 4) is 0 Å². The summed E-state index contributed by atoms with van der Waals surface area (Å²) in [4.78, 5) is 0. The fraction of sp³-hybridized carbons (Fsp3) is 0.818. The van der Waals surface area contributed by atoms with Crippen molar-refractivity contribution in [2.75, 3.05) is 0 Å². The van der Waals surface area contributed by atoms with Gasteiger partial charge in [-0.2, -0.15) is 0 Å². The van der Waals surface area contributed by atoms with Gasteiger partial charge in [-0.25, -0.2) is 0 Å². The van der Waals surface area contributed by atoms with Crippen molar-refractivity contribution < 1.29 is 10.2 Å². The first kappa shape index (κ1) is 10.7. The summed E-state index contributed by atoms with van der Waals surface area (Å²) in [6.07, 6.45) is 3.41. The Hall–Kier alpha value is -0.340. The molecule has 4 atom stereocenters. The Labute approximate surface area is 80.3 Å². The molecule has 13 heavy (non-hydrogen) atoms. The van der Waals surface area contributed by atoms with Crippen LogP contribution in [0.2, 0.25) is 0 Å². The second-order valence-electron chi connectivity index (χ2n) is 4.30. The molecule has 0 aromatic carbocycles. The average molecular weight is 184 g/mol. The summed E-state index contributed by atoms with van der Waals surface area (Å²) in [6.45, 7) is 7.85. The second-order valence-corrected chi connectivity index (χ2v) is 4.30. The molecule has 1 aliphatic carbocycles. The first-order valence-corrected chi connectivity index (χ1v) is 5.07. The van der Waals surface area contributed by atoms with Crippen LogP contribution in [0.1, 0.15) is 33.1 Å². The maximum atomic E-state index is 9.89. The Kier molecular flexibility index (Phi) is 3.14. The molecule has 0 aromatic heterocycles. The van der Waals surface area contributed by atoms with Gasteiger partial charge in [0, 0.05) is 5.41 Å². The Morgan fingerprint density at radius 3 is 2.46 bits per heavy atom. The van der Waals surface area contributed by atoms with Crippen molar-refractivity contribution in [1.82, 2.24) is 0 Å². The number of aliphatic hydroxyl groups is 2. The van der Waals surface area contributed by atoms with Gasteiger partial charge in [-0.05, 0) is 18.8 Å². The van der Waals surface area contributed by atoms with Crippen LogP contribution < -0.4 is 0 Å². The maximum Gasteiger partial charge on any atom is 0.0892 e. The smallest absolute Gasteiger partial charge is 0.0892 e. The van der Waals surface area contributed by atoms with Gasteiger partial charge in [-0.1, -0.05) is 26.3 Å². The number of hydrogen-bond acceptors (Lipinski definition) is 2. The van der Waals surface area contributed by atoms with E-state index >= 15 is 0 Å². The van der Waals surface area contributed by atoms with E-state index in [1.54, 1.807) is 0 Å². The quantitative estimate of drug-likeness (QED) is 0.656. The average Bonchev–Trinajstić information content (AvgIpc) is 2.32. The van der Waals surface area contributed by atoms with Gasteiger partial charge in [0.2, 0.25) is 0 Å². The molecule has 0 aliphatic heterocycles. The summed E-state index contributed by atoms with van der Waals surface area (Å²) in [5, 5.41) is 19.6. The lowest BCUT2D eigenvalue weighted by molar-refractivity contribution is -0.0146. The molecule has 0 heterocycles.